The molecular formula is C13H16BrN. The van der Waals surface area contributed by atoms with Crippen molar-refractivity contribution in [3.05, 3.63) is 33.8 Å². The van der Waals surface area contributed by atoms with Gasteiger partial charge in [-0.2, -0.15) is 0 Å². The minimum absolute atomic E-state index is 0.503. The quantitative estimate of drug-likeness (QED) is 0.819. The molecule has 0 bridgehead atoms. The van der Waals surface area contributed by atoms with Crippen LogP contribution in [0.2, 0.25) is 0 Å². The van der Waals surface area contributed by atoms with Crippen LogP contribution in [0, 0.1) is 0 Å². The molecule has 0 saturated heterocycles. The molecule has 15 heavy (non-hydrogen) atoms. The van der Waals surface area contributed by atoms with Crippen molar-refractivity contribution in [2.75, 3.05) is 7.05 Å². The van der Waals surface area contributed by atoms with Crippen LogP contribution in [-0.4, -0.2) is 7.05 Å². The summed E-state index contributed by atoms with van der Waals surface area (Å²) >= 11 is 3.73. The average Bonchev–Trinajstić information content (AvgIpc) is 2.53. The number of halogens is 1. The first-order chi connectivity index (χ1) is 7.27. The van der Waals surface area contributed by atoms with E-state index in [1.54, 1.807) is 5.56 Å². The van der Waals surface area contributed by atoms with Gasteiger partial charge in [-0.05, 0) is 48.9 Å². The fourth-order valence-electron chi connectivity index (χ4n) is 3.31. The summed E-state index contributed by atoms with van der Waals surface area (Å²) in [4.78, 5) is 0. The highest BCUT2D eigenvalue weighted by Crippen LogP contribution is 2.57. The molecule has 0 radical (unpaired) electrons. The number of fused-ring (bicyclic) bond motifs is 2. The lowest BCUT2D eigenvalue weighted by Crippen LogP contribution is -2.32. The van der Waals surface area contributed by atoms with E-state index in [2.05, 4.69) is 46.5 Å². The van der Waals surface area contributed by atoms with Crippen molar-refractivity contribution in [2.24, 2.45) is 0 Å². The van der Waals surface area contributed by atoms with Gasteiger partial charge in [-0.15, -0.1) is 0 Å². The van der Waals surface area contributed by atoms with Gasteiger partial charge in [-0.25, -0.2) is 0 Å². The van der Waals surface area contributed by atoms with E-state index in [-0.39, 0.29) is 0 Å². The van der Waals surface area contributed by atoms with Gasteiger partial charge >= 0.3 is 0 Å². The van der Waals surface area contributed by atoms with Crippen LogP contribution >= 0.6 is 15.9 Å². The maximum absolute atomic E-state index is 3.73. The summed E-state index contributed by atoms with van der Waals surface area (Å²) in [5.41, 5.74) is 3.62. The van der Waals surface area contributed by atoms with Crippen molar-refractivity contribution in [1.82, 2.24) is 5.32 Å². The number of rotatable bonds is 1. The molecular weight excluding hydrogens is 250 g/mol. The van der Waals surface area contributed by atoms with E-state index in [1.165, 1.54) is 35.7 Å². The van der Waals surface area contributed by atoms with Crippen LogP contribution < -0.4 is 5.32 Å². The summed E-state index contributed by atoms with van der Waals surface area (Å²) < 4.78 is 1.32. The Kier molecular flexibility index (Phi) is 2.18. The van der Waals surface area contributed by atoms with E-state index in [9.17, 15) is 0 Å². The summed E-state index contributed by atoms with van der Waals surface area (Å²) in [5, 5.41) is 3.45. The lowest BCUT2D eigenvalue weighted by molar-refractivity contribution is 0.226. The van der Waals surface area contributed by atoms with Gasteiger partial charge in [0.25, 0.3) is 0 Å². The molecule has 1 fully saturated rings. The molecule has 0 aromatic heterocycles. The van der Waals surface area contributed by atoms with Crippen molar-refractivity contribution < 1.29 is 0 Å². The first-order valence-corrected chi connectivity index (χ1v) is 6.52. The van der Waals surface area contributed by atoms with E-state index in [4.69, 9.17) is 0 Å². The molecule has 2 aliphatic rings. The largest absolute Gasteiger partial charge is 0.313 e. The molecule has 1 atom stereocenters. The maximum Gasteiger partial charge on any atom is 0.0329 e. The Labute approximate surface area is 99.4 Å². The van der Waals surface area contributed by atoms with Crippen LogP contribution in [0.5, 0.6) is 0 Å². The molecule has 80 valence electrons. The van der Waals surface area contributed by atoms with E-state index in [0.717, 1.165) is 0 Å². The van der Waals surface area contributed by atoms with Crippen molar-refractivity contribution in [2.45, 2.75) is 37.1 Å². The third-order valence-electron chi connectivity index (χ3n) is 4.21. The van der Waals surface area contributed by atoms with Gasteiger partial charge in [0.05, 0.1) is 0 Å². The third-order valence-corrected chi connectivity index (χ3v) is 4.87. The zero-order chi connectivity index (χ0) is 10.5. The highest BCUT2D eigenvalue weighted by Gasteiger charge is 2.48. The van der Waals surface area contributed by atoms with E-state index < -0.39 is 0 Å². The molecule has 2 heteroatoms. The molecule has 0 aliphatic heterocycles. The minimum atomic E-state index is 0.503. The van der Waals surface area contributed by atoms with Crippen LogP contribution in [-0.2, 0) is 5.41 Å². The molecule has 1 aromatic rings. The number of benzene rings is 1. The first-order valence-electron chi connectivity index (χ1n) is 5.73. The van der Waals surface area contributed by atoms with Gasteiger partial charge in [0.2, 0.25) is 0 Å². The van der Waals surface area contributed by atoms with E-state index >= 15 is 0 Å². The summed E-state index contributed by atoms with van der Waals surface area (Å²) in [7, 11) is 2.08. The Morgan fingerprint density at radius 3 is 2.80 bits per heavy atom. The van der Waals surface area contributed by atoms with Crippen molar-refractivity contribution in [1.29, 1.82) is 0 Å². The van der Waals surface area contributed by atoms with Crippen LogP contribution in [0.25, 0.3) is 0 Å². The zero-order valence-electron chi connectivity index (χ0n) is 9.02. The van der Waals surface area contributed by atoms with Crippen LogP contribution in [0.4, 0.5) is 0 Å². The Hall–Kier alpha value is -0.340. The van der Waals surface area contributed by atoms with Gasteiger partial charge in [0.1, 0.15) is 0 Å². The summed E-state index contributed by atoms with van der Waals surface area (Å²) in [6, 6.07) is 7.20. The molecule has 0 heterocycles. The van der Waals surface area contributed by atoms with Crippen molar-refractivity contribution in [3.8, 4) is 0 Å². The molecule has 0 amide bonds. The van der Waals surface area contributed by atoms with Gasteiger partial charge in [0, 0.05) is 10.5 Å². The number of hydrogen-bond acceptors (Lipinski definition) is 1. The van der Waals surface area contributed by atoms with Gasteiger partial charge in [-0.3, -0.25) is 0 Å². The molecule has 3 rings (SSSR count). The zero-order valence-corrected chi connectivity index (χ0v) is 10.6. The van der Waals surface area contributed by atoms with Crippen LogP contribution in [0.1, 0.15) is 42.9 Å². The topological polar surface area (TPSA) is 12.0 Å². The summed E-state index contributed by atoms with van der Waals surface area (Å²) in [6.07, 6.45) is 5.44. The molecule has 2 aliphatic carbocycles. The Morgan fingerprint density at radius 2 is 2.20 bits per heavy atom. The third kappa shape index (κ3) is 1.24. The smallest absolute Gasteiger partial charge is 0.0329 e. The average molecular weight is 266 g/mol. The second-order valence-corrected chi connectivity index (χ2v) is 5.74. The van der Waals surface area contributed by atoms with E-state index in [0.29, 0.717) is 11.5 Å². The normalized spacial score (nSPS) is 26.4. The fourth-order valence-corrected chi connectivity index (χ4v) is 4.11. The van der Waals surface area contributed by atoms with E-state index in [1.807, 2.05) is 0 Å². The predicted molar refractivity (Wildman–Crippen MR) is 66.1 cm³/mol. The fraction of sp³-hybridized carbons (Fsp3) is 0.538. The molecule has 1 aromatic carbocycles. The Balaban J connectivity index is 2.15. The van der Waals surface area contributed by atoms with Crippen molar-refractivity contribution in [3.63, 3.8) is 0 Å². The lowest BCUT2D eigenvalue weighted by Gasteiger charge is -2.40. The minimum Gasteiger partial charge on any atom is -0.313 e. The standard InChI is InChI=1S/C13H16BrN/c1-15-11-8-13(6-3-7-13)12-9(11)4-2-5-10(12)14/h2,4-5,11,15H,3,6-8H2,1H3. The number of nitrogens with one attached hydrogen (secondary N) is 1. The summed E-state index contributed by atoms with van der Waals surface area (Å²) in [6.45, 7) is 0. The summed E-state index contributed by atoms with van der Waals surface area (Å²) in [5.74, 6) is 0. The molecule has 1 nitrogen and oxygen atoms in total. The van der Waals surface area contributed by atoms with Crippen molar-refractivity contribution >= 4 is 15.9 Å². The predicted octanol–water partition coefficient (Wildman–Crippen LogP) is 3.54. The highest BCUT2D eigenvalue weighted by atomic mass is 79.9. The van der Waals surface area contributed by atoms with Crippen LogP contribution in [0.3, 0.4) is 0 Å². The van der Waals surface area contributed by atoms with Gasteiger partial charge in [0.15, 0.2) is 0 Å². The molecule has 1 saturated carbocycles. The Bertz CT molecular complexity index is 396. The molecule has 1 spiro atoms. The lowest BCUT2D eigenvalue weighted by atomic mass is 9.65. The first kappa shape index (κ1) is 9.86. The van der Waals surface area contributed by atoms with Gasteiger partial charge < -0.3 is 5.32 Å². The Morgan fingerprint density at radius 1 is 1.40 bits per heavy atom. The molecule has 1 N–H and O–H groups in total. The second-order valence-electron chi connectivity index (χ2n) is 4.88. The molecule has 1 unspecified atom stereocenters. The monoisotopic (exact) mass is 265 g/mol. The second kappa shape index (κ2) is 3.33. The SMILES string of the molecule is CNC1CC2(CCC2)c2c(Br)cccc21. The highest BCUT2D eigenvalue weighted by molar-refractivity contribution is 9.10. The number of hydrogen-bond donors (Lipinski definition) is 1. The van der Waals surface area contributed by atoms with Gasteiger partial charge in [-0.1, -0.05) is 34.5 Å². The van der Waals surface area contributed by atoms with Crippen LogP contribution in [0.15, 0.2) is 22.7 Å². The maximum atomic E-state index is 3.73.